The first-order valence-corrected chi connectivity index (χ1v) is 13.8. The maximum atomic E-state index is 13.0. The highest BCUT2D eigenvalue weighted by Crippen LogP contribution is 2.26. The lowest BCUT2D eigenvalue weighted by Gasteiger charge is -2.36. The van der Waals surface area contributed by atoms with Crippen molar-refractivity contribution in [2.24, 2.45) is 0 Å². The Hall–Kier alpha value is -4.12. The van der Waals surface area contributed by atoms with E-state index in [2.05, 4.69) is 53.5 Å². The lowest BCUT2D eigenvalue weighted by Crippen LogP contribution is -2.46. The number of pyridine rings is 2. The Morgan fingerprint density at radius 3 is 2.60 bits per heavy atom. The van der Waals surface area contributed by atoms with Gasteiger partial charge < -0.3 is 14.7 Å². The SMILES string of the molecule is CCCCN1CCN(c2cncc(-c3cn(-c4cc(C(=O)Nc5cc(C(C)(C)C)on5)cnc4C)nn3)c2)CC1. The molecule has 0 spiro atoms. The molecule has 1 aliphatic heterocycles. The Morgan fingerprint density at radius 1 is 1.07 bits per heavy atom. The van der Waals surface area contributed by atoms with Crippen molar-refractivity contribution in [1.29, 1.82) is 0 Å². The summed E-state index contributed by atoms with van der Waals surface area (Å²) in [5.74, 6) is 0.706. The van der Waals surface area contributed by atoms with Crippen LogP contribution in [-0.4, -0.2) is 73.6 Å². The van der Waals surface area contributed by atoms with E-state index < -0.39 is 0 Å². The van der Waals surface area contributed by atoms with Crippen molar-refractivity contribution in [2.75, 3.05) is 42.9 Å². The molecule has 0 atom stereocenters. The fraction of sp³-hybridized carbons (Fsp3) is 0.448. The van der Waals surface area contributed by atoms with Gasteiger partial charge in [-0.15, -0.1) is 5.10 Å². The Kier molecular flexibility index (Phi) is 7.92. The molecule has 5 heterocycles. The van der Waals surface area contributed by atoms with Crippen LogP contribution in [-0.2, 0) is 5.41 Å². The summed E-state index contributed by atoms with van der Waals surface area (Å²) in [6.07, 6.45) is 9.55. The summed E-state index contributed by atoms with van der Waals surface area (Å²) in [6, 6.07) is 5.59. The Bertz CT molecular complexity index is 1460. The van der Waals surface area contributed by atoms with Gasteiger partial charge in [-0.05, 0) is 32.0 Å². The minimum atomic E-state index is -0.338. The maximum absolute atomic E-state index is 13.0. The zero-order valence-electron chi connectivity index (χ0n) is 23.9. The molecule has 11 heteroatoms. The van der Waals surface area contributed by atoms with Gasteiger partial charge in [-0.2, -0.15) is 0 Å². The fourth-order valence-electron chi connectivity index (χ4n) is 4.62. The molecule has 11 nitrogen and oxygen atoms in total. The van der Waals surface area contributed by atoms with Gasteiger partial charge in [-0.3, -0.25) is 19.7 Å². The highest BCUT2D eigenvalue weighted by molar-refractivity contribution is 6.03. The highest BCUT2D eigenvalue weighted by Gasteiger charge is 2.21. The standard InChI is InChI=1S/C29H37N9O2/c1-6-7-8-36-9-11-37(12-10-36)23-13-21(16-30-18-23)24-19-38(35-33-24)25-14-22(17-31-20(25)2)28(39)32-27-15-26(40-34-27)29(3,4)5/h13-19H,6-12H2,1-5H3,(H,32,34,39). The second-order valence-corrected chi connectivity index (χ2v) is 11.3. The first kappa shape index (κ1) is 27.4. The number of aromatic nitrogens is 6. The van der Waals surface area contributed by atoms with Crippen molar-refractivity contribution < 1.29 is 9.32 Å². The summed E-state index contributed by atoms with van der Waals surface area (Å²) in [4.78, 5) is 26.8. The highest BCUT2D eigenvalue weighted by atomic mass is 16.5. The first-order chi connectivity index (χ1) is 19.2. The van der Waals surface area contributed by atoms with Gasteiger partial charge >= 0.3 is 0 Å². The zero-order chi connectivity index (χ0) is 28.3. The van der Waals surface area contributed by atoms with Crippen molar-refractivity contribution in [3.63, 3.8) is 0 Å². The number of nitrogens with zero attached hydrogens (tertiary/aromatic N) is 8. The number of unbranched alkanes of at least 4 members (excludes halogenated alkanes) is 1. The van der Waals surface area contributed by atoms with Gasteiger partial charge in [0.05, 0.1) is 35.0 Å². The molecule has 0 aromatic carbocycles. The predicted octanol–water partition coefficient (Wildman–Crippen LogP) is 4.49. The first-order valence-electron chi connectivity index (χ1n) is 13.8. The van der Waals surface area contributed by atoms with Crippen LogP contribution in [0.4, 0.5) is 11.5 Å². The quantitative estimate of drug-likeness (QED) is 0.343. The molecule has 1 amide bonds. The third-order valence-corrected chi connectivity index (χ3v) is 7.14. The average molecular weight is 544 g/mol. The third-order valence-electron chi connectivity index (χ3n) is 7.14. The Morgan fingerprint density at radius 2 is 1.88 bits per heavy atom. The molecule has 0 bridgehead atoms. The van der Waals surface area contributed by atoms with Crippen LogP contribution >= 0.6 is 0 Å². The summed E-state index contributed by atoms with van der Waals surface area (Å²) in [5.41, 5.74) is 4.21. The van der Waals surface area contributed by atoms with Crippen molar-refractivity contribution in [3.05, 3.63) is 60.0 Å². The van der Waals surface area contributed by atoms with E-state index in [0.29, 0.717) is 28.5 Å². The molecule has 1 fully saturated rings. The van der Waals surface area contributed by atoms with Gasteiger partial charge in [0.1, 0.15) is 11.5 Å². The monoisotopic (exact) mass is 543 g/mol. The summed E-state index contributed by atoms with van der Waals surface area (Å²) in [7, 11) is 0. The summed E-state index contributed by atoms with van der Waals surface area (Å²) in [5, 5.41) is 15.5. The number of rotatable bonds is 8. The smallest absolute Gasteiger partial charge is 0.258 e. The van der Waals surface area contributed by atoms with Crippen LogP contribution in [0, 0.1) is 6.92 Å². The molecule has 0 aliphatic carbocycles. The molecule has 1 aliphatic rings. The van der Waals surface area contributed by atoms with E-state index in [1.807, 2.05) is 40.1 Å². The topological polar surface area (TPSA) is 118 Å². The fourth-order valence-corrected chi connectivity index (χ4v) is 4.62. The van der Waals surface area contributed by atoms with Crippen LogP contribution < -0.4 is 10.2 Å². The molecule has 1 saturated heterocycles. The normalized spacial score (nSPS) is 14.5. The zero-order valence-corrected chi connectivity index (χ0v) is 23.9. The van der Waals surface area contributed by atoms with Crippen LogP contribution in [0.5, 0.6) is 0 Å². The molecule has 40 heavy (non-hydrogen) atoms. The minimum absolute atomic E-state index is 0.211. The van der Waals surface area contributed by atoms with E-state index in [1.54, 1.807) is 23.0 Å². The molecule has 5 rings (SSSR count). The van der Waals surface area contributed by atoms with E-state index in [9.17, 15) is 4.79 Å². The van der Waals surface area contributed by atoms with Gasteiger partial charge in [0.15, 0.2) is 5.82 Å². The van der Waals surface area contributed by atoms with Crippen molar-refractivity contribution in [1.82, 2.24) is 35.0 Å². The molecular weight excluding hydrogens is 506 g/mol. The predicted molar refractivity (Wildman–Crippen MR) is 154 cm³/mol. The molecule has 4 aromatic rings. The van der Waals surface area contributed by atoms with Crippen molar-refractivity contribution in [3.8, 4) is 16.9 Å². The third kappa shape index (κ3) is 6.20. The largest absolute Gasteiger partial charge is 0.368 e. The number of hydrogen-bond donors (Lipinski definition) is 1. The molecule has 4 aromatic heterocycles. The molecule has 0 unspecified atom stereocenters. The number of nitrogens with one attached hydrogen (secondary N) is 1. The Balaban J connectivity index is 1.30. The summed E-state index contributed by atoms with van der Waals surface area (Å²) in [6.45, 7) is 15.4. The van der Waals surface area contributed by atoms with Gasteiger partial charge in [-0.25, -0.2) is 4.68 Å². The van der Waals surface area contributed by atoms with Gasteiger partial charge in [0.25, 0.3) is 5.91 Å². The van der Waals surface area contributed by atoms with E-state index in [1.165, 1.54) is 25.6 Å². The van der Waals surface area contributed by atoms with E-state index >= 15 is 0 Å². The van der Waals surface area contributed by atoms with Crippen LogP contribution in [0.2, 0.25) is 0 Å². The van der Waals surface area contributed by atoms with Crippen LogP contribution in [0.25, 0.3) is 16.9 Å². The van der Waals surface area contributed by atoms with E-state index in [4.69, 9.17) is 4.52 Å². The molecule has 210 valence electrons. The molecule has 0 radical (unpaired) electrons. The van der Waals surface area contributed by atoms with E-state index in [-0.39, 0.29) is 11.3 Å². The minimum Gasteiger partial charge on any atom is -0.368 e. The molecule has 0 saturated carbocycles. The maximum Gasteiger partial charge on any atom is 0.258 e. The van der Waals surface area contributed by atoms with Gasteiger partial charge in [0, 0.05) is 55.6 Å². The number of hydrogen-bond acceptors (Lipinski definition) is 9. The lowest BCUT2D eigenvalue weighted by atomic mass is 9.93. The molecular formula is C29H37N9O2. The second-order valence-electron chi connectivity index (χ2n) is 11.3. The number of aryl methyl sites for hydroxylation is 1. The second kappa shape index (κ2) is 11.5. The van der Waals surface area contributed by atoms with Crippen molar-refractivity contribution >= 4 is 17.4 Å². The van der Waals surface area contributed by atoms with Crippen LogP contribution in [0.1, 0.15) is 62.3 Å². The van der Waals surface area contributed by atoms with Crippen LogP contribution in [0.3, 0.4) is 0 Å². The van der Waals surface area contributed by atoms with Gasteiger partial charge in [0.2, 0.25) is 0 Å². The number of amides is 1. The number of piperazine rings is 1. The summed E-state index contributed by atoms with van der Waals surface area (Å²) >= 11 is 0. The molecule has 1 N–H and O–H groups in total. The van der Waals surface area contributed by atoms with Crippen molar-refractivity contribution in [2.45, 2.75) is 52.9 Å². The van der Waals surface area contributed by atoms with Crippen LogP contribution in [0.15, 0.2) is 47.5 Å². The number of carbonyl (C=O) groups excluding carboxylic acids is 1. The number of carbonyl (C=O) groups is 1. The van der Waals surface area contributed by atoms with Gasteiger partial charge in [-0.1, -0.05) is 44.5 Å². The number of anilines is 2. The van der Waals surface area contributed by atoms with E-state index in [0.717, 1.165) is 43.1 Å². The summed E-state index contributed by atoms with van der Waals surface area (Å²) < 4.78 is 7.02. The average Bonchev–Trinajstić information content (AvgIpc) is 3.63. The Labute approximate surface area is 234 Å². The lowest BCUT2D eigenvalue weighted by molar-refractivity contribution is 0.102.